The molecule has 2 rings (SSSR count). The number of para-hydroxylation sites is 1. The molecule has 4 nitrogen and oxygen atoms in total. The van der Waals surface area contributed by atoms with Gasteiger partial charge in [0.2, 0.25) is 0 Å². The smallest absolute Gasteiger partial charge is 0.256 e. The summed E-state index contributed by atoms with van der Waals surface area (Å²) in [5.41, 5.74) is 0.983. The highest BCUT2D eigenvalue weighted by Crippen LogP contribution is 2.12. The minimum absolute atomic E-state index is 0.0414. The highest BCUT2D eigenvalue weighted by atomic mass is 16.3. The number of hydrogen-bond acceptors (Lipinski definition) is 3. The van der Waals surface area contributed by atoms with Crippen molar-refractivity contribution >= 4 is 17.8 Å². The van der Waals surface area contributed by atoms with Gasteiger partial charge in [0.15, 0.2) is 0 Å². The van der Waals surface area contributed by atoms with E-state index >= 15 is 0 Å². The number of nitrogens with one attached hydrogen (secondary N) is 1. The Bertz CT molecular complexity index is 435. The molecule has 0 aromatic heterocycles. The van der Waals surface area contributed by atoms with Gasteiger partial charge in [-0.3, -0.25) is 9.79 Å². The number of nitrogens with zero attached hydrogens (tertiary/aromatic N) is 1. The summed E-state index contributed by atoms with van der Waals surface area (Å²) < 4.78 is 0. The lowest BCUT2D eigenvalue weighted by Gasteiger charge is -1.92. The SMILES string of the molecule is O=C1NCC(O)=C1C=Nc1ccccc1. The fourth-order valence-electron chi connectivity index (χ4n) is 1.27. The van der Waals surface area contributed by atoms with E-state index in [2.05, 4.69) is 10.3 Å². The Balaban J connectivity index is 2.19. The molecule has 0 atom stereocenters. The molecule has 0 unspecified atom stereocenters. The Morgan fingerprint density at radius 2 is 2.07 bits per heavy atom. The van der Waals surface area contributed by atoms with Crippen LogP contribution in [0.4, 0.5) is 5.69 Å². The second kappa shape index (κ2) is 3.96. The Morgan fingerprint density at radius 3 is 2.67 bits per heavy atom. The van der Waals surface area contributed by atoms with Gasteiger partial charge >= 0.3 is 0 Å². The largest absolute Gasteiger partial charge is 0.510 e. The van der Waals surface area contributed by atoms with E-state index in [1.807, 2.05) is 30.3 Å². The van der Waals surface area contributed by atoms with Gasteiger partial charge < -0.3 is 10.4 Å². The van der Waals surface area contributed by atoms with Gasteiger partial charge in [-0.05, 0) is 12.1 Å². The molecule has 1 aromatic carbocycles. The summed E-state index contributed by atoms with van der Waals surface area (Å²) in [7, 11) is 0. The van der Waals surface area contributed by atoms with Crippen LogP contribution in [0.5, 0.6) is 0 Å². The van der Waals surface area contributed by atoms with Crippen molar-refractivity contribution < 1.29 is 9.90 Å². The van der Waals surface area contributed by atoms with Gasteiger partial charge in [-0.25, -0.2) is 0 Å². The minimum atomic E-state index is -0.285. The van der Waals surface area contributed by atoms with E-state index in [1.54, 1.807) is 0 Å². The van der Waals surface area contributed by atoms with E-state index in [1.165, 1.54) is 6.21 Å². The lowest BCUT2D eigenvalue weighted by atomic mass is 10.2. The number of aliphatic imine (C=N–C) groups is 1. The summed E-state index contributed by atoms with van der Waals surface area (Å²) in [6, 6.07) is 9.24. The Labute approximate surface area is 87.0 Å². The van der Waals surface area contributed by atoms with Crippen LogP contribution in [-0.4, -0.2) is 23.8 Å². The van der Waals surface area contributed by atoms with Crippen LogP contribution >= 0.6 is 0 Å². The first kappa shape index (κ1) is 9.45. The average Bonchev–Trinajstić information content (AvgIpc) is 2.58. The molecule has 0 bridgehead atoms. The van der Waals surface area contributed by atoms with E-state index in [4.69, 9.17) is 0 Å². The lowest BCUT2D eigenvalue weighted by molar-refractivity contribution is -0.116. The molecule has 1 heterocycles. The first-order valence-electron chi connectivity index (χ1n) is 4.57. The second-order valence-electron chi connectivity index (χ2n) is 3.14. The summed E-state index contributed by atoms with van der Waals surface area (Å²) in [4.78, 5) is 15.3. The van der Waals surface area contributed by atoms with Crippen molar-refractivity contribution in [1.29, 1.82) is 0 Å². The van der Waals surface area contributed by atoms with Crippen LogP contribution in [-0.2, 0) is 4.79 Å². The van der Waals surface area contributed by atoms with Gasteiger partial charge in [-0.1, -0.05) is 18.2 Å². The maximum absolute atomic E-state index is 11.2. The van der Waals surface area contributed by atoms with E-state index in [0.717, 1.165) is 5.69 Å². The van der Waals surface area contributed by atoms with Crippen LogP contribution in [0.25, 0.3) is 0 Å². The minimum Gasteiger partial charge on any atom is -0.510 e. The van der Waals surface area contributed by atoms with Gasteiger partial charge in [0.1, 0.15) is 5.76 Å². The van der Waals surface area contributed by atoms with Gasteiger partial charge in [0.25, 0.3) is 5.91 Å². The molecule has 1 aliphatic rings. The maximum atomic E-state index is 11.2. The van der Waals surface area contributed by atoms with Gasteiger partial charge in [-0.15, -0.1) is 0 Å². The number of aliphatic hydroxyl groups excluding tert-OH is 1. The topological polar surface area (TPSA) is 61.7 Å². The van der Waals surface area contributed by atoms with Crippen LogP contribution in [0, 0.1) is 0 Å². The lowest BCUT2D eigenvalue weighted by Crippen LogP contribution is -2.17. The van der Waals surface area contributed by atoms with Crippen molar-refractivity contribution in [3.05, 3.63) is 41.7 Å². The van der Waals surface area contributed by atoms with E-state index in [0.29, 0.717) is 0 Å². The third-order valence-corrected chi connectivity index (χ3v) is 2.07. The average molecular weight is 202 g/mol. The van der Waals surface area contributed by atoms with Gasteiger partial charge in [-0.2, -0.15) is 0 Å². The molecule has 0 fully saturated rings. The standard InChI is InChI=1S/C11H10N2O2/c14-10-7-13-11(15)9(10)6-12-8-4-2-1-3-5-8/h1-6,14H,7H2,(H,13,15). The van der Waals surface area contributed by atoms with Crippen LogP contribution in [0.1, 0.15) is 0 Å². The fraction of sp³-hybridized carbons (Fsp3) is 0.0909. The first-order chi connectivity index (χ1) is 7.27. The molecule has 4 heteroatoms. The van der Waals surface area contributed by atoms with Gasteiger partial charge in [0.05, 0.1) is 17.8 Å². The molecule has 0 saturated carbocycles. The second-order valence-corrected chi connectivity index (χ2v) is 3.14. The molecule has 0 aliphatic carbocycles. The zero-order chi connectivity index (χ0) is 10.7. The number of carbonyl (C=O) groups excluding carboxylic acids is 1. The van der Waals surface area contributed by atoms with Crippen LogP contribution < -0.4 is 5.32 Å². The fourth-order valence-corrected chi connectivity index (χ4v) is 1.27. The first-order valence-corrected chi connectivity index (χ1v) is 4.57. The molecular weight excluding hydrogens is 192 g/mol. The molecule has 1 aliphatic heterocycles. The van der Waals surface area contributed by atoms with Crippen LogP contribution in [0.15, 0.2) is 46.7 Å². The van der Waals surface area contributed by atoms with Crippen molar-refractivity contribution in [2.75, 3.05) is 6.54 Å². The molecule has 0 spiro atoms. The normalized spacial score (nSPS) is 16.1. The monoisotopic (exact) mass is 202 g/mol. The predicted molar refractivity (Wildman–Crippen MR) is 57.3 cm³/mol. The summed E-state index contributed by atoms with van der Waals surface area (Å²) in [6.45, 7) is 0.189. The third kappa shape index (κ3) is 2.04. The van der Waals surface area contributed by atoms with E-state index in [-0.39, 0.29) is 23.8 Å². The number of benzene rings is 1. The van der Waals surface area contributed by atoms with Gasteiger partial charge in [0, 0.05) is 6.21 Å². The van der Waals surface area contributed by atoms with Crippen molar-refractivity contribution in [2.45, 2.75) is 0 Å². The summed E-state index contributed by atoms with van der Waals surface area (Å²) in [5.74, 6) is -0.244. The summed E-state index contributed by atoms with van der Waals surface area (Å²) in [6.07, 6.45) is 1.38. The Kier molecular flexibility index (Phi) is 2.49. The highest BCUT2D eigenvalue weighted by Gasteiger charge is 2.19. The summed E-state index contributed by atoms with van der Waals surface area (Å²) >= 11 is 0. The molecule has 0 saturated heterocycles. The third-order valence-electron chi connectivity index (χ3n) is 2.07. The summed E-state index contributed by atoms with van der Waals surface area (Å²) in [5, 5.41) is 11.8. The van der Waals surface area contributed by atoms with Crippen molar-refractivity contribution in [3.63, 3.8) is 0 Å². The molecule has 1 aromatic rings. The number of hydrogen-bond donors (Lipinski definition) is 2. The quantitative estimate of drug-likeness (QED) is 0.711. The van der Waals surface area contributed by atoms with E-state index in [9.17, 15) is 9.90 Å². The van der Waals surface area contributed by atoms with E-state index < -0.39 is 0 Å². The van der Waals surface area contributed by atoms with Crippen LogP contribution in [0.3, 0.4) is 0 Å². The molecule has 1 amide bonds. The van der Waals surface area contributed by atoms with Crippen molar-refractivity contribution in [1.82, 2.24) is 5.32 Å². The molecule has 15 heavy (non-hydrogen) atoms. The zero-order valence-electron chi connectivity index (χ0n) is 7.97. The number of carbonyl (C=O) groups is 1. The Hall–Kier alpha value is -2.10. The van der Waals surface area contributed by atoms with Crippen molar-refractivity contribution in [2.24, 2.45) is 4.99 Å². The van der Waals surface area contributed by atoms with Crippen molar-refractivity contribution in [3.8, 4) is 0 Å². The maximum Gasteiger partial charge on any atom is 0.256 e. The highest BCUT2D eigenvalue weighted by molar-refractivity contribution is 6.14. The Morgan fingerprint density at radius 1 is 1.33 bits per heavy atom. The number of rotatable bonds is 2. The molecule has 0 radical (unpaired) electrons. The molecule has 2 N–H and O–H groups in total. The number of aliphatic hydroxyl groups is 1. The molecule has 76 valence electrons. The van der Waals surface area contributed by atoms with Crippen LogP contribution in [0.2, 0.25) is 0 Å². The zero-order valence-corrected chi connectivity index (χ0v) is 7.97. The number of amides is 1. The predicted octanol–water partition coefficient (Wildman–Crippen LogP) is 1.33. The molecular formula is C11H10N2O2.